The van der Waals surface area contributed by atoms with Crippen molar-refractivity contribution in [1.29, 1.82) is 0 Å². The maximum Gasteiger partial charge on any atom is 0.249 e. The molecule has 1 heterocycles. The molecule has 11 heteroatoms. The standard InChI is InChI=1S/C12H13N6O4.Y/c1-8-7-9(18(20)21)3-4-10(8)11(19)13-12-14-15-16-17(12)5-6-22-2;/h3-4H,5-6H2,1-2H3,(H,13,14,16,19);/q-1;. The number of ether oxygens (including phenoxy) is 1. The number of nitrogens with zero attached hydrogens (tertiary/aromatic N) is 5. The van der Waals surface area contributed by atoms with Gasteiger partial charge in [-0.15, -0.1) is 5.56 Å². The largest absolute Gasteiger partial charge is 0.383 e. The smallest absolute Gasteiger partial charge is 0.249 e. The third-order valence-corrected chi connectivity index (χ3v) is 2.83. The van der Waals surface area contributed by atoms with Gasteiger partial charge in [-0.3, -0.25) is 20.2 Å². The molecule has 119 valence electrons. The molecule has 0 fully saturated rings. The fourth-order valence-electron chi connectivity index (χ4n) is 1.73. The van der Waals surface area contributed by atoms with Crippen molar-refractivity contribution in [2.24, 2.45) is 0 Å². The number of anilines is 1. The van der Waals surface area contributed by atoms with Crippen LogP contribution in [-0.2, 0) is 44.0 Å². The Morgan fingerprint density at radius 2 is 2.26 bits per heavy atom. The first kappa shape index (κ1) is 19.3. The number of nitrogens with one attached hydrogen (secondary N) is 1. The van der Waals surface area contributed by atoms with Gasteiger partial charge in [0.15, 0.2) is 5.69 Å². The number of carbonyl (C=O) groups excluding carboxylic acids is 1. The fourth-order valence-corrected chi connectivity index (χ4v) is 1.73. The maximum atomic E-state index is 12.2. The minimum absolute atomic E-state index is 0. The van der Waals surface area contributed by atoms with Crippen LogP contribution in [0, 0.1) is 23.1 Å². The van der Waals surface area contributed by atoms with Crippen LogP contribution in [0.5, 0.6) is 0 Å². The van der Waals surface area contributed by atoms with Crippen molar-refractivity contribution in [3.8, 4) is 0 Å². The van der Waals surface area contributed by atoms with E-state index in [2.05, 4.69) is 26.9 Å². The summed E-state index contributed by atoms with van der Waals surface area (Å²) in [4.78, 5) is 22.3. The Morgan fingerprint density at radius 3 is 2.87 bits per heavy atom. The first-order valence-corrected chi connectivity index (χ1v) is 6.26. The van der Waals surface area contributed by atoms with E-state index in [9.17, 15) is 14.9 Å². The number of hydrogen-bond acceptors (Lipinski definition) is 7. The van der Waals surface area contributed by atoms with Gasteiger partial charge in [0.25, 0.3) is 0 Å². The van der Waals surface area contributed by atoms with Crippen LogP contribution < -0.4 is 5.32 Å². The number of benzene rings is 1. The van der Waals surface area contributed by atoms with Gasteiger partial charge < -0.3 is 4.74 Å². The summed E-state index contributed by atoms with van der Waals surface area (Å²) < 4.78 is 6.30. The minimum atomic E-state index is -0.569. The molecule has 1 amide bonds. The van der Waals surface area contributed by atoms with Gasteiger partial charge in [-0.05, 0) is 10.4 Å². The fraction of sp³-hybridized carbons (Fsp3) is 0.333. The van der Waals surface area contributed by atoms with Gasteiger partial charge in [-0.25, -0.2) is 4.68 Å². The molecule has 0 aliphatic heterocycles. The third-order valence-electron chi connectivity index (χ3n) is 2.83. The van der Waals surface area contributed by atoms with Crippen molar-refractivity contribution < 1.29 is 47.2 Å². The Hall–Kier alpha value is -1.78. The zero-order chi connectivity index (χ0) is 16.1. The Balaban J connectivity index is 0.00000264. The van der Waals surface area contributed by atoms with Crippen LogP contribution in [0.3, 0.4) is 0 Å². The van der Waals surface area contributed by atoms with Gasteiger partial charge in [-0.1, -0.05) is 29.7 Å². The van der Waals surface area contributed by atoms with E-state index in [0.717, 1.165) is 0 Å². The van der Waals surface area contributed by atoms with Crippen LogP contribution in [0.15, 0.2) is 12.1 Å². The number of tetrazole rings is 1. The molecule has 1 aromatic carbocycles. The number of amides is 1. The summed E-state index contributed by atoms with van der Waals surface area (Å²) >= 11 is 0. The first-order valence-electron chi connectivity index (χ1n) is 6.26. The second-order valence-corrected chi connectivity index (χ2v) is 4.31. The van der Waals surface area contributed by atoms with Crippen molar-refractivity contribution >= 4 is 17.5 Å². The van der Waals surface area contributed by atoms with Crippen molar-refractivity contribution in [2.45, 2.75) is 13.5 Å². The number of aryl methyl sites for hydroxylation is 1. The Bertz CT molecular complexity index is 705. The van der Waals surface area contributed by atoms with Crippen molar-refractivity contribution in [3.63, 3.8) is 0 Å². The summed E-state index contributed by atoms with van der Waals surface area (Å²) in [6.07, 6.45) is 0. The van der Waals surface area contributed by atoms with E-state index in [1.54, 1.807) is 14.0 Å². The average molecular weight is 394 g/mol. The van der Waals surface area contributed by atoms with E-state index in [4.69, 9.17) is 4.74 Å². The van der Waals surface area contributed by atoms with Crippen LogP contribution in [0.1, 0.15) is 15.9 Å². The minimum Gasteiger partial charge on any atom is -0.383 e. The van der Waals surface area contributed by atoms with Gasteiger partial charge in [0.05, 0.1) is 13.2 Å². The molecular formula is C12H13N6O4Y-. The monoisotopic (exact) mass is 394 g/mol. The van der Waals surface area contributed by atoms with Crippen LogP contribution in [-0.4, -0.2) is 44.8 Å². The van der Waals surface area contributed by atoms with Crippen LogP contribution >= 0.6 is 0 Å². The molecule has 0 unspecified atom stereocenters. The summed E-state index contributed by atoms with van der Waals surface area (Å²) in [5, 5.41) is 24.1. The summed E-state index contributed by atoms with van der Waals surface area (Å²) in [7, 11) is 1.54. The Morgan fingerprint density at radius 1 is 1.52 bits per heavy atom. The Labute approximate surface area is 156 Å². The van der Waals surface area contributed by atoms with Gasteiger partial charge >= 0.3 is 0 Å². The van der Waals surface area contributed by atoms with E-state index in [1.165, 1.54) is 16.8 Å². The van der Waals surface area contributed by atoms with E-state index in [0.29, 0.717) is 18.7 Å². The molecule has 0 spiro atoms. The number of rotatable bonds is 6. The average Bonchev–Trinajstić information content (AvgIpc) is 2.91. The van der Waals surface area contributed by atoms with Crippen molar-refractivity contribution in [1.82, 2.24) is 20.2 Å². The second-order valence-electron chi connectivity index (χ2n) is 4.31. The molecule has 10 nitrogen and oxygen atoms in total. The number of methoxy groups -OCH3 is 1. The number of nitro groups is 1. The first-order chi connectivity index (χ1) is 10.5. The molecule has 0 atom stereocenters. The van der Waals surface area contributed by atoms with Crippen LogP contribution in [0.25, 0.3) is 0 Å². The second kappa shape index (κ2) is 8.75. The topological polar surface area (TPSA) is 125 Å². The summed E-state index contributed by atoms with van der Waals surface area (Å²) in [6.45, 7) is 2.33. The molecular weight excluding hydrogens is 381 g/mol. The molecule has 23 heavy (non-hydrogen) atoms. The Kier molecular flexibility index (Phi) is 7.33. The number of aromatic nitrogens is 4. The predicted octanol–water partition coefficient (Wildman–Crippen LogP) is 0.586. The summed E-state index contributed by atoms with van der Waals surface area (Å²) in [6, 6.07) is 5.13. The van der Waals surface area contributed by atoms with Crippen LogP contribution in [0.4, 0.5) is 11.6 Å². The number of carbonyl (C=O) groups is 1. The molecule has 1 N–H and O–H groups in total. The van der Waals surface area contributed by atoms with Gasteiger partial charge in [0.2, 0.25) is 11.9 Å². The zero-order valence-electron chi connectivity index (χ0n) is 12.5. The molecule has 0 bridgehead atoms. The van der Waals surface area contributed by atoms with Gasteiger partial charge in [0.1, 0.15) is 0 Å². The maximum absolute atomic E-state index is 12.2. The van der Waals surface area contributed by atoms with Gasteiger partial charge in [-0.2, -0.15) is 6.07 Å². The quantitative estimate of drug-likeness (QED) is 0.432. The zero-order valence-corrected chi connectivity index (χ0v) is 15.4. The number of nitro benzene ring substituents is 1. The molecule has 2 aromatic rings. The van der Waals surface area contributed by atoms with Crippen LogP contribution in [0.2, 0.25) is 0 Å². The molecule has 1 radical (unpaired) electrons. The molecule has 0 saturated heterocycles. The van der Waals surface area contributed by atoms with E-state index in [-0.39, 0.29) is 49.9 Å². The van der Waals surface area contributed by atoms with Crippen molar-refractivity contribution in [3.05, 3.63) is 39.4 Å². The van der Waals surface area contributed by atoms with Crippen molar-refractivity contribution in [2.75, 3.05) is 19.0 Å². The van der Waals surface area contributed by atoms with E-state index < -0.39 is 10.8 Å². The molecule has 0 saturated carbocycles. The van der Waals surface area contributed by atoms with Gasteiger partial charge in [0, 0.05) is 44.7 Å². The summed E-state index contributed by atoms with van der Waals surface area (Å²) in [5.74, 6) is -0.308. The predicted molar refractivity (Wildman–Crippen MR) is 74.3 cm³/mol. The van der Waals surface area contributed by atoms with E-state index in [1.807, 2.05) is 0 Å². The molecule has 0 aliphatic carbocycles. The number of non-ortho nitro benzene ring substituents is 1. The third kappa shape index (κ3) is 4.85. The number of hydrogen-bond donors (Lipinski definition) is 1. The molecule has 1 aromatic heterocycles. The SMILES string of the molecule is COCCn1nnnc1NC(=O)c1ccc([N+](=O)[O-])[c-]c1C.[Y]. The van der Waals surface area contributed by atoms with E-state index >= 15 is 0 Å². The molecule has 2 rings (SSSR count). The normalized spacial score (nSPS) is 10.0. The molecule has 0 aliphatic rings. The summed E-state index contributed by atoms with van der Waals surface area (Å²) in [5.41, 5.74) is 0.425.